The summed E-state index contributed by atoms with van der Waals surface area (Å²) in [6.45, 7) is 5.47. The van der Waals surface area contributed by atoms with Crippen LogP contribution in [0.5, 0.6) is 0 Å². The monoisotopic (exact) mass is 380 g/mol. The highest BCUT2D eigenvalue weighted by molar-refractivity contribution is 5.95. The lowest BCUT2D eigenvalue weighted by molar-refractivity contribution is -0.121. The van der Waals surface area contributed by atoms with Crippen LogP contribution < -0.4 is 16.0 Å². The number of hydrogen-bond donors (Lipinski definition) is 3. The number of likely N-dealkylation sites (tertiary alicyclic amines) is 1. The predicted octanol–water partition coefficient (Wildman–Crippen LogP) is 3.61. The molecule has 0 spiro atoms. The van der Waals surface area contributed by atoms with Crippen LogP contribution in [0.25, 0.3) is 0 Å². The Bertz CT molecular complexity index is 801. The third-order valence-electron chi connectivity index (χ3n) is 5.23. The van der Waals surface area contributed by atoms with E-state index in [2.05, 4.69) is 20.9 Å². The normalized spacial score (nSPS) is 16.2. The first-order valence-corrected chi connectivity index (χ1v) is 9.76. The van der Waals surface area contributed by atoms with Gasteiger partial charge in [0, 0.05) is 30.5 Å². The molecule has 3 rings (SSSR count). The largest absolute Gasteiger partial charge is 0.335 e. The molecule has 1 saturated heterocycles. The Morgan fingerprint density at radius 1 is 0.964 bits per heavy atom. The van der Waals surface area contributed by atoms with E-state index in [1.54, 1.807) is 0 Å². The molecule has 0 aliphatic carbocycles. The summed E-state index contributed by atoms with van der Waals surface area (Å²) in [6.07, 6.45) is 1.65. The molecule has 148 valence electrons. The van der Waals surface area contributed by atoms with Crippen LogP contribution in [0.3, 0.4) is 0 Å². The number of hydrogen-bond acceptors (Lipinski definition) is 3. The van der Waals surface area contributed by atoms with Gasteiger partial charge in [0.25, 0.3) is 0 Å². The fourth-order valence-electron chi connectivity index (χ4n) is 3.42. The number of carbonyl (C=O) groups excluding carboxylic acids is 2. The lowest BCUT2D eigenvalue weighted by Crippen LogP contribution is -2.51. The predicted molar refractivity (Wildman–Crippen MR) is 112 cm³/mol. The van der Waals surface area contributed by atoms with Gasteiger partial charge in [0.15, 0.2) is 0 Å². The molecular formula is C22H28N4O2. The zero-order valence-corrected chi connectivity index (χ0v) is 16.4. The molecule has 0 saturated carbocycles. The Morgan fingerprint density at radius 3 is 2.29 bits per heavy atom. The van der Waals surface area contributed by atoms with Crippen LogP contribution in [0.4, 0.5) is 16.2 Å². The van der Waals surface area contributed by atoms with E-state index < -0.39 is 0 Å². The molecule has 2 aromatic carbocycles. The number of amides is 3. The highest BCUT2D eigenvalue weighted by Gasteiger charge is 2.27. The average Bonchev–Trinajstić information content (AvgIpc) is 2.70. The highest BCUT2D eigenvalue weighted by Crippen LogP contribution is 2.17. The Morgan fingerprint density at radius 2 is 1.61 bits per heavy atom. The Kier molecular flexibility index (Phi) is 6.66. The van der Waals surface area contributed by atoms with Gasteiger partial charge < -0.3 is 16.0 Å². The first-order chi connectivity index (χ1) is 13.5. The molecule has 3 N–H and O–H groups in total. The summed E-state index contributed by atoms with van der Waals surface area (Å²) in [6, 6.07) is 16.9. The van der Waals surface area contributed by atoms with Crippen molar-refractivity contribution in [3.05, 3.63) is 60.2 Å². The van der Waals surface area contributed by atoms with Gasteiger partial charge in [0.1, 0.15) is 0 Å². The molecule has 1 heterocycles. The van der Waals surface area contributed by atoms with Crippen molar-refractivity contribution in [2.75, 3.05) is 23.7 Å². The van der Waals surface area contributed by atoms with E-state index in [1.165, 1.54) is 0 Å². The van der Waals surface area contributed by atoms with Crippen LogP contribution in [0.1, 0.15) is 25.3 Å². The molecule has 6 nitrogen and oxygen atoms in total. The number of nitrogens with zero attached hydrogens (tertiary/aromatic N) is 1. The minimum atomic E-state index is -0.210. The molecule has 1 aliphatic rings. The van der Waals surface area contributed by atoms with Gasteiger partial charge in [0.2, 0.25) is 5.91 Å². The first kappa shape index (κ1) is 19.9. The second-order valence-corrected chi connectivity index (χ2v) is 7.25. The van der Waals surface area contributed by atoms with Crippen LogP contribution in [-0.2, 0) is 4.79 Å². The molecule has 0 radical (unpaired) electrons. The first-order valence-electron chi connectivity index (χ1n) is 9.76. The van der Waals surface area contributed by atoms with Crippen molar-refractivity contribution >= 4 is 23.3 Å². The summed E-state index contributed by atoms with van der Waals surface area (Å²) in [5.74, 6) is 0.00234. The van der Waals surface area contributed by atoms with Gasteiger partial charge in [-0.05, 0) is 50.5 Å². The number of carbonyl (C=O) groups is 2. The van der Waals surface area contributed by atoms with Crippen LogP contribution >= 0.6 is 0 Å². The highest BCUT2D eigenvalue weighted by atomic mass is 16.2. The molecule has 1 atom stereocenters. The zero-order chi connectivity index (χ0) is 19.9. The number of piperidine rings is 1. The molecule has 0 aromatic heterocycles. The summed E-state index contributed by atoms with van der Waals surface area (Å²) in [4.78, 5) is 26.9. The van der Waals surface area contributed by atoms with E-state index in [9.17, 15) is 9.59 Å². The molecule has 2 aromatic rings. The van der Waals surface area contributed by atoms with Gasteiger partial charge in [-0.15, -0.1) is 0 Å². The third kappa shape index (κ3) is 5.33. The smallest absolute Gasteiger partial charge is 0.319 e. The lowest BCUT2D eigenvalue weighted by Gasteiger charge is -2.35. The van der Waals surface area contributed by atoms with Crippen molar-refractivity contribution in [1.29, 1.82) is 0 Å². The minimum absolute atomic E-state index is 0.00234. The maximum absolute atomic E-state index is 12.6. The van der Waals surface area contributed by atoms with Gasteiger partial charge in [0.05, 0.1) is 6.04 Å². The van der Waals surface area contributed by atoms with Crippen molar-refractivity contribution in [3.8, 4) is 0 Å². The second kappa shape index (κ2) is 9.37. The molecule has 28 heavy (non-hydrogen) atoms. The topological polar surface area (TPSA) is 73.5 Å². The second-order valence-electron chi connectivity index (χ2n) is 7.25. The molecule has 1 fully saturated rings. The molecule has 3 amide bonds. The van der Waals surface area contributed by atoms with Crippen LogP contribution in [0.2, 0.25) is 0 Å². The van der Waals surface area contributed by atoms with Gasteiger partial charge in [-0.25, -0.2) is 4.79 Å². The van der Waals surface area contributed by atoms with Crippen molar-refractivity contribution in [2.45, 2.75) is 38.8 Å². The standard InChI is InChI=1S/C22H28N4O2/c1-16-8-6-7-11-20(16)25-21(27)17(2)26-14-12-19(13-15-26)24-22(28)23-18-9-4-3-5-10-18/h3-11,17,19H,12-15H2,1-2H3,(H,25,27)(H2,23,24,28). The van der Waals surface area contributed by atoms with Crippen LogP contribution in [0.15, 0.2) is 54.6 Å². The van der Waals surface area contributed by atoms with Gasteiger partial charge in [-0.3, -0.25) is 9.69 Å². The summed E-state index contributed by atoms with van der Waals surface area (Å²) >= 11 is 0. The van der Waals surface area contributed by atoms with E-state index in [0.29, 0.717) is 0 Å². The Labute approximate surface area is 166 Å². The number of benzene rings is 2. The lowest BCUT2D eigenvalue weighted by atomic mass is 10.0. The summed E-state index contributed by atoms with van der Waals surface area (Å²) in [5, 5.41) is 8.89. The van der Waals surface area contributed by atoms with Gasteiger partial charge >= 0.3 is 6.03 Å². The van der Waals surface area contributed by atoms with Gasteiger partial charge in [-0.1, -0.05) is 36.4 Å². The number of anilines is 2. The SMILES string of the molecule is Cc1ccccc1NC(=O)C(C)N1CCC(NC(=O)Nc2ccccc2)CC1. The Hall–Kier alpha value is -2.86. The van der Waals surface area contributed by atoms with Gasteiger partial charge in [-0.2, -0.15) is 0 Å². The van der Waals surface area contributed by atoms with Crippen molar-refractivity contribution in [3.63, 3.8) is 0 Å². The fourth-order valence-corrected chi connectivity index (χ4v) is 3.42. The fraction of sp³-hybridized carbons (Fsp3) is 0.364. The molecule has 1 unspecified atom stereocenters. The van der Waals surface area contributed by atoms with Crippen LogP contribution in [-0.4, -0.2) is 42.0 Å². The maximum Gasteiger partial charge on any atom is 0.319 e. The van der Waals surface area contributed by atoms with E-state index in [4.69, 9.17) is 0 Å². The van der Waals surface area contributed by atoms with Crippen LogP contribution in [0, 0.1) is 6.92 Å². The van der Waals surface area contributed by atoms with E-state index in [0.717, 1.165) is 42.9 Å². The number of urea groups is 1. The zero-order valence-electron chi connectivity index (χ0n) is 16.4. The number of rotatable bonds is 5. The van der Waals surface area contributed by atoms with E-state index >= 15 is 0 Å². The maximum atomic E-state index is 12.6. The minimum Gasteiger partial charge on any atom is -0.335 e. The summed E-state index contributed by atoms with van der Waals surface area (Å²) in [5.41, 5.74) is 2.68. The Balaban J connectivity index is 1.44. The number of para-hydroxylation sites is 2. The average molecular weight is 380 g/mol. The van der Waals surface area contributed by atoms with Crippen molar-refractivity contribution in [2.24, 2.45) is 0 Å². The van der Waals surface area contributed by atoms with E-state index in [1.807, 2.05) is 68.4 Å². The number of aryl methyl sites for hydroxylation is 1. The van der Waals surface area contributed by atoms with E-state index in [-0.39, 0.29) is 24.0 Å². The molecular weight excluding hydrogens is 352 g/mol. The van der Waals surface area contributed by atoms with Crippen molar-refractivity contribution < 1.29 is 9.59 Å². The quantitative estimate of drug-likeness (QED) is 0.742. The van der Waals surface area contributed by atoms with Crippen molar-refractivity contribution in [1.82, 2.24) is 10.2 Å². The third-order valence-corrected chi connectivity index (χ3v) is 5.23. The summed E-state index contributed by atoms with van der Waals surface area (Å²) < 4.78 is 0. The number of nitrogens with one attached hydrogen (secondary N) is 3. The molecule has 1 aliphatic heterocycles. The molecule has 0 bridgehead atoms. The molecule has 6 heteroatoms. The summed E-state index contributed by atoms with van der Waals surface area (Å²) in [7, 11) is 0.